The normalized spacial score (nSPS) is 11.6. The molecule has 3 aromatic rings. The van der Waals surface area contributed by atoms with Gasteiger partial charge in [-0.25, -0.2) is 8.78 Å². The van der Waals surface area contributed by atoms with Crippen LogP contribution in [-0.4, -0.2) is 0 Å². The van der Waals surface area contributed by atoms with Gasteiger partial charge in [-0.3, -0.25) is 0 Å². The summed E-state index contributed by atoms with van der Waals surface area (Å²) in [5.74, 6) is -3.98. The monoisotopic (exact) mass is 294 g/mol. The van der Waals surface area contributed by atoms with E-state index in [-0.39, 0.29) is 5.56 Å². The lowest BCUT2D eigenvalue weighted by Gasteiger charge is -2.28. The van der Waals surface area contributed by atoms with E-state index in [2.05, 4.69) is 0 Å². The number of hydrogen-bond acceptors (Lipinski definition) is 0. The molecule has 0 atom stereocenters. The summed E-state index contributed by atoms with van der Waals surface area (Å²) in [6.45, 7) is 0. The Balaban J connectivity index is 2.14. The van der Waals surface area contributed by atoms with Gasteiger partial charge in [0.2, 0.25) is 0 Å². The fraction of sp³-hybridized carbons (Fsp3) is 0.100. The van der Waals surface area contributed by atoms with Crippen molar-refractivity contribution >= 4 is 0 Å². The number of hydrogen-bond donors (Lipinski definition) is 0. The quantitative estimate of drug-likeness (QED) is 0.586. The first-order valence-electron chi connectivity index (χ1n) is 7.23. The van der Waals surface area contributed by atoms with Crippen LogP contribution < -0.4 is 0 Å². The van der Waals surface area contributed by atoms with Crippen molar-refractivity contribution in [3.8, 4) is 0 Å². The van der Waals surface area contributed by atoms with Gasteiger partial charge in [0.1, 0.15) is 0 Å². The molecule has 0 spiro atoms. The summed E-state index contributed by atoms with van der Waals surface area (Å²) in [7, 11) is 0. The molecule has 0 heterocycles. The van der Waals surface area contributed by atoms with Gasteiger partial charge in [-0.2, -0.15) is 0 Å². The highest BCUT2D eigenvalue weighted by atomic mass is 19.3. The molecule has 0 amide bonds. The Labute approximate surface area is 129 Å². The van der Waals surface area contributed by atoms with Crippen LogP contribution in [0.25, 0.3) is 0 Å². The average molecular weight is 294 g/mol. The molecule has 0 saturated carbocycles. The van der Waals surface area contributed by atoms with Crippen LogP contribution in [0.4, 0.5) is 8.78 Å². The van der Waals surface area contributed by atoms with Crippen molar-refractivity contribution in [3.63, 3.8) is 0 Å². The Bertz CT molecular complexity index is 667. The zero-order chi connectivity index (χ0) is 15.4. The molecule has 0 aliphatic carbocycles. The van der Waals surface area contributed by atoms with Crippen LogP contribution in [0.15, 0.2) is 91.0 Å². The van der Waals surface area contributed by atoms with E-state index < -0.39 is 11.8 Å². The minimum absolute atomic E-state index is 0.0349. The molecule has 2 heteroatoms. The largest absolute Gasteiger partial charge is 0.283 e. The summed E-state index contributed by atoms with van der Waals surface area (Å²) in [5.41, 5.74) is 1.26. The van der Waals surface area contributed by atoms with Crippen molar-refractivity contribution in [1.82, 2.24) is 0 Å². The fourth-order valence-electron chi connectivity index (χ4n) is 2.73. The molecule has 0 aromatic heterocycles. The maximum Gasteiger partial charge on any atom is 0.283 e. The van der Waals surface area contributed by atoms with Gasteiger partial charge in [-0.05, 0) is 11.1 Å². The molecule has 0 fully saturated rings. The first-order chi connectivity index (χ1) is 10.7. The van der Waals surface area contributed by atoms with Crippen LogP contribution in [0.5, 0.6) is 0 Å². The van der Waals surface area contributed by atoms with Crippen LogP contribution in [0.3, 0.4) is 0 Å². The van der Waals surface area contributed by atoms with E-state index in [0.29, 0.717) is 11.1 Å². The standard InChI is InChI=1S/C20H16F2/c21-20(22,18-14-8-3-9-15-18)19(16-10-4-1-5-11-16)17-12-6-2-7-13-17/h1-15,19H. The predicted octanol–water partition coefficient (Wildman–Crippen LogP) is 5.61. The topological polar surface area (TPSA) is 0 Å². The summed E-state index contributed by atoms with van der Waals surface area (Å²) in [4.78, 5) is 0. The Hall–Kier alpha value is -2.48. The minimum atomic E-state index is -2.98. The Morgan fingerprint density at radius 1 is 0.545 bits per heavy atom. The molecule has 0 aliphatic heterocycles. The highest BCUT2D eigenvalue weighted by Crippen LogP contribution is 2.45. The predicted molar refractivity (Wildman–Crippen MR) is 85.1 cm³/mol. The molecule has 0 bridgehead atoms. The number of rotatable bonds is 4. The molecule has 0 nitrogen and oxygen atoms in total. The molecule has 0 radical (unpaired) electrons. The highest BCUT2D eigenvalue weighted by Gasteiger charge is 2.43. The third kappa shape index (κ3) is 2.77. The van der Waals surface area contributed by atoms with E-state index in [9.17, 15) is 0 Å². The van der Waals surface area contributed by atoms with Crippen LogP contribution in [0.1, 0.15) is 22.6 Å². The zero-order valence-electron chi connectivity index (χ0n) is 12.0. The second-order valence-electron chi connectivity index (χ2n) is 5.24. The van der Waals surface area contributed by atoms with Gasteiger partial charge in [-0.1, -0.05) is 91.0 Å². The van der Waals surface area contributed by atoms with Crippen molar-refractivity contribution in [2.45, 2.75) is 11.8 Å². The molecular weight excluding hydrogens is 278 g/mol. The number of benzene rings is 3. The minimum Gasteiger partial charge on any atom is -0.200 e. The van der Waals surface area contributed by atoms with E-state index >= 15 is 8.78 Å². The summed E-state index contributed by atoms with van der Waals surface area (Å²) in [6, 6.07) is 25.9. The summed E-state index contributed by atoms with van der Waals surface area (Å²) >= 11 is 0. The maximum absolute atomic E-state index is 15.2. The van der Waals surface area contributed by atoms with Crippen LogP contribution >= 0.6 is 0 Å². The van der Waals surface area contributed by atoms with E-state index in [0.717, 1.165) is 0 Å². The number of alkyl halides is 2. The molecule has 3 aromatic carbocycles. The van der Waals surface area contributed by atoms with Gasteiger partial charge < -0.3 is 0 Å². The maximum atomic E-state index is 15.2. The first-order valence-corrected chi connectivity index (χ1v) is 7.23. The van der Waals surface area contributed by atoms with Crippen LogP contribution in [0.2, 0.25) is 0 Å². The Morgan fingerprint density at radius 3 is 1.32 bits per heavy atom. The van der Waals surface area contributed by atoms with Crippen molar-refractivity contribution in [2.75, 3.05) is 0 Å². The molecule has 0 unspecified atom stereocenters. The van der Waals surface area contributed by atoms with Gasteiger partial charge in [0.25, 0.3) is 5.92 Å². The van der Waals surface area contributed by atoms with E-state index in [1.807, 2.05) is 12.1 Å². The fourth-order valence-corrected chi connectivity index (χ4v) is 2.73. The van der Waals surface area contributed by atoms with Crippen molar-refractivity contribution in [1.29, 1.82) is 0 Å². The smallest absolute Gasteiger partial charge is 0.200 e. The Morgan fingerprint density at radius 2 is 0.909 bits per heavy atom. The molecule has 22 heavy (non-hydrogen) atoms. The van der Waals surface area contributed by atoms with Gasteiger partial charge >= 0.3 is 0 Å². The number of halogens is 2. The molecule has 110 valence electrons. The lowest BCUT2D eigenvalue weighted by molar-refractivity contribution is -0.0218. The Kier molecular flexibility index (Phi) is 4.01. The van der Waals surface area contributed by atoms with Gasteiger partial charge in [-0.15, -0.1) is 0 Å². The van der Waals surface area contributed by atoms with Crippen LogP contribution in [-0.2, 0) is 5.92 Å². The highest BCUT2D eigenvalue weighted by molar-refractivity contribution is 5.38. The van der Waals surface area contributed by atoms with E-state index in [4.69, 9.17) is 0 Å². The second-order valence-corrected chi connectivity index (χ2v) is 5.24. The van der Waals surface area contributed by atoms with E-state index in [1.54, 1.807) is 66.7 Å². The summed E-state index contributed by atoms with van der Waals surface area (Å²) in [5, 5.41) is 0. The van der Waals surface area contributed by atoms with Gasteiger partial charge in [0, 0.05) is 5.56 Å². The summed E-state index contributed by atoms with van der Waals surface area (Å²) < 4.78 is 30.4. The molecular formula is C20H16F2. The van der Waals surface area contributed by atoms with Crippen molar-refractivity contribution in [2.24, 2.45) is 0 Å². The average Bonchev–Trinajstić information content (AvgIpc) is 2.58. The third-order valence-corrected chi connectivity index (χ3v) is 3.79. The van der Waals surface area contributed by atoms with Gasteiger partial charge in [0.05, 0.1) is 5.92 Å². The van der Waals surface area contributed by atoms with Crippen LogP contribution in [0, 0.1) is 0 Å². The molecule has 0 aliphatic rings. The molecule has 3 rings (SSSR count). The van der Waals surface area contributed by atoms with Crippen molar-refractivity contribution in [3.05, 3.63) is 108 Å². The van der Waals surface area contributed by atoms with Crippen molar-refractivity contribution < 1.29 is 8.78 Å². The second kappa shape index (κ2) is 6.10. The summed E-state index contributed by atoms with van der Waals surface area (Å²) in [6.07, 6.45) is 0. The molecule has 0 N–H and O–H groups in total. The third-order valence-electron chi connectivity index (χ3n) is 3.79. The van der Waals surface area contributed by atoms with E-state index in [1.165, 1.54) is 12.1 Å². The lowest BCUT2D eigenvalue weighted by Crippen LogP contribution is -2.25. The zero-order valence-corrected chi connectivity index (χ0v) is 12.0. The molecule has 0 saturated heterocycles. The SMILES string of the molecule is FC(F)(c1ccccc1)C(c1ccccc1)c1ccccc1. The lowest BCUT2D eigenvalue weighted by atomic mass is 9.83. The first kappa shape index (κ1) is 14.5. The van der Waals surface area contributed by atoms with Gasteiger partial charge in [0.15, 0.2) is 0 Å².